The summed E-state index contributed by atoms with van der Waals surface area (Å²) in [6.07, 6.45) is 1.78. The molecule has 0 radical (unpaired) electrons. The van der Waals surface area contributed by atoms with Crippen LogP contribution in [0.1, 0.15) is 34.6 Å². The van der Waals surface area contributed by atoms with E-state index in [4.69, 9.17) is 11.5 Å². The second-order valence-corrected chi connectivity index (χ2v) is 4.72. The van der Waals surface area contributed by atoms with Gasteiger partial charge >= 0.3 is 0 Å². The van der Waals surface area contributed by atoms with Crippen LogP contribution in [0, 0.1) is 0 Å². The van der Waals surface area contributed by atoms with Gasteiger partial charge in [0.25, 0.3) is 0 Å². The van der Waals surface area contributed by atoms with Gasteiger partial charge in [0.2, 0.25) is 0 Å². The smallest absolute Gasteiger partial charge is 0.0513 e. The highest BCUT2D eigenvalue weighted by molar-refractivity contribution is 5.11. The van der Waals surface area contributed by atoms with Crippen LogP contribution in [0.25, 0.3) is 0 Å². The molecular formula is C9H21N3. The molecule has 0 saturated carbocycles. The SMILES string of the molecule is CC(C)(C)N/C=C(\N)C(C)(C)N. The van der Waals surface area contributed by atoms with E-state index in [1.54, 1.807) is 6.20 Å². The Kier molecular flexibility index (Phi) is 3.16. The standard InChI is InChI=1S/C9H21N3/c1-8(2,3)12-6-7(10)9(4,5)11/h6,12H,10-11H2,1-5H3/b7-6-. The lowest BCUT2D eigenvalue weighted by Gasteiger charge is -2.23. The first-order chi connectivity index (χ1) is 5.13. The molecule has 0 spiro atoms. The molecule has 0 heterocycles. The lowest BCUT2D eigenvalue weighted by molar-refractivity contribution is 0.482. The summed E-state index contributed by atoms with van der Waals surface area (Å²) in [5.74, 6) is 0. The maximum Gasteiger partial charge on any atom is 0.0513 e. The van der Waals surface area contributed by atoms with Gasteiger partial charge < -0.3 is 16.8 Å². The zero-order chi connectivity index (χ0) is 9.99. The Morgan fingerprint density at radius 3 is 1.83 bits per heavy atom. The predicted molar refractivity (Wildman–Crippen MR) is 53.4 cm³/mol. The highest BCUT2D eigenvalue weighted by Crippen LogP contribution is 2.06. The molecule has 0 unspecified atom stereocenters. The summed E-state index contributed by atoms with van der Waals surface area (Å²) in [4.78, 5) is 0. The summed E-state index contributed by atoms with van der Waals surface area (Å²) >= 11 is 0. The molecule has 0 bridgehead atoms. The van der Waals surface area contributed by atoms with E-state index in [2.05, 4.69) is 26.1 Å². The summed E-state index contributed by atoms with van der Waals surface area (Å²) in [5.41, 5.74) is 11.8. The maximum atomic E-state index is 5.78. The van der Waals surface area contributed by atoms with Crippen molar-refractivity contribution in [2.75, 3.05) is 0 Å². The zero-order valence-corrected chi connectivity index (χ0v) is 8.73. The summed E-state index contributed by atoms with van der Waals surface area (Å²) in [7, 11) is 0. The molecule has 0 aliphatic carbocycles. The molecule has 0 rings (SSSR count). The van der Waals surface area contributed by atoms with Crippen molar-refractivity contribution < 1.29 is 0 Å². The molecule has 0 aromatic rings. The molecule has 0 aromatic heterocycles. The Morgan fingerprint density at radius 1 is 1.17 bits per heavy atom. The largest absolute Gasteiger partial charge is 0.399 e. The van der Waals surface area contributed by atoms with E-state index in [9.17, 15) is 0 Å². The van der Waals surface area contributed by atoms with Gasteiger partial charge in [0.05, 0.1) is 5.54 Å². The second-order valence-electron chi connectivity index (χ2n) is 4.72. The van der Waals surface area contributed by atoms with E-state index >= 15 is 0 Å². The summed E-state index contributed by atoms with van der Waals surface area (Å²) in [5, 5.41) is 3.16. The van der Waals surface area contributed by atoms with Gasteiger partial charge in [0.15, 0.2) is 0 Å². The van der Waals surface area contributed by atoms with Crippen LogP contribution in [-0.2, 0) is 0 Å². The molecule has 0 amide bonds. The van der Waals surface area contributed by atoms with Gasteiger partial charge in [-0.25, -0.2) is 0 Å². The van der Waals surface area contributed by atoms with Crippen molar-refractivity contribution in [3.05, 3.63) is 11.9 Å². The van der Waals surface area contributed by atoms with Crippen LogP contribution in [0.15, 0.2) is 11.9 Å². The third kappa shape index (κ3) is 5.02. The van der Waals surface area contributed by atoms with E-state index in [1.807, 2.05) is 13.8 Å². The highest BCUT2D eigenvalue weighted by atomic mass is 14.9. The summed E-state index contributed by atoms with van der Waals surface area (Å²) < 4.78 is 0. The number of hydrogen-bond acceptors (Lipinski definition) is 3. The Morgan fingerprint density at radius 2 is 1.58 bits per heavy atom. The van der Waals surface area contributed by atoms with E-state index < -0.39 is 5.54 Å². The molecule has 0 aliphatic rings. The van der Waals surface area contributed by atoms with Gasteiger partial charge in [-0.15, -0.1) is 0 Å². The van der Waals surface area contributed by atoms with E-state index in [1.165, 1.54) is 0 Å². The minimum Gasteiger partial charge on any atom is -0.399 e. The first-order valence-electron chi connectivity index (χ1n) is 4.15. The van der Waals surface area contributed by atoms with Crippen LogP contribution >= 0.6 is 0 Å². The molecule has 0 fully saturated rings. The molecule has 0 saturated heterocycles. The van der Waals surface area contributed by atoms with Gasteiger partial charge in [-0.2, -0.15) is 0 Å². The van der Waals surface area contributed by atoms with Crippen molar-refractivity contribution in [1.29, 1.82) is 0 Å². The number of nitrogens with two attached hydrogens (primary N) is 2. The van der Waals surface area contributed by atoms with Crippen LogP contribution in [0.4, 0.5) is 0 Å². The lowest BCUT2D eigenvalue weighted by Crippen LogP contribution is -2.41. The molecular weight excluding hydrogens is 150 g/mol. The first-order valence-corrected chi connectivity index (χ1v) is 4.15. The molecule has 72 valence electrons. The van der Waals surface area contributed by atoms with Crippen molar-refractivity contribution in [2.45, 2.75) is 45.7 Å². The first kappa shape index (κ1) is 11.3. The fourth-order valence-corrected chi connectivity index (χ4v) is 0.480. The van der Waals surface area contributed by atoms with Crippen molar-refractivity contribution in [1.82, 2.24) is 5.32 Å². The summed E-state index contributed by atoms with van der Waals surface area (Å²) in [6.45, 7) is 9.97. The number of rotatable bonds is 2. The average molecular weight is 171 g/mol. The van der Waals surface area contributed by atoms with Crippen LogP contribution in [0.2, 0.25) is 0 Å². The second kappa shape index (κ2) is 3.35. The van der Waals surface area contributed by atoms with Crippen molar-refractivity contribution in [2.24, 2.45) is 11.5 Å². The quantitative estimate of drug-likeness (QED) is 0.578. The normalized spacial score (nSPS) is 14.7. The number of hydrogen-bond donors (Lipinski definition) is 3. The average Bonchev–Trinajstić information content (AvgIpc) is 1.78. The molecule has 0 aromatic carbocycles. The van der Waals surface area contributed by atoms with E-state index in [0.29, 0.717) is 5.70 Å². The third-order valence-corrected chi connectivity index (χ3v) is 1.40. The minimum atomic E-state index is -0.446. The fourth-order valence-electron chi connectivity index (χ4n) is 0.480. The van der Waals surface area contributed by atoms with Gasteiger partial charge in [-0.05, 0) is 34.6 Å². The number of nitrogens with one attached hydrogen (secondary N) is 1. The van der Waals surface area contributed by atoms with Crippen LogP contribution in [0.5, 0.6) is 0 Å². The van der Waals surface area contributed by atoms with Crippen molar-refractivity contribution in [3.8, 4) is 0 Å². The van der Waals surface area contributed by atoms with Gasteiger partial charge in [-0.1, -0.05) is 0 Å². The molecule has 12 heavy (non-hydrogen) atoms. The topological polar surface area (TPSA) is 64.1 Å². The monoisotopic (exact) mass is 171 g/mol. The third-order valence-electron chi connectivity index (χ3n) is 1.40. The maximum absolute atomic E-state index is 5.78. The summed E-state index contributed by atoms with van der Waals surface area (Å²) in [6, 6.07) is 0. The molecule has 0 aliphatic heterocycles. The fraction of sp³-hybridized carbons (Fsp3) is 0.778. The molecule has 3 nitrogen and oxygen atoms in total. The molecule has 5 N–H and O–H groups in total. The highest BCUT2D eigenvalue weighted by Gasteiger charge is 2.15. The van der Waals surface area contributed by atoms with Crippen LogP contribution in [0.3, 0.4) is 0 Å². The van der Waals surface area contributed by atoms with Gasteiger partial charge in [0.1, 0.15) is 0 Å². The molecule has 0 atom stereocenters. The van der Waals surface area contributed by atoms with Crippen molar-refractivity contribution >= 4 is 0 Å². The minimum absolute atomic E-state index is 0.0376. The van der Waals surface area contributed by atoms with E-state index in [0.717, 1.165) is 0 Å². The Bertz CT molecular complexity index is 169. The Balaban J connectivity index is 4.21. The van der Waals surface area contributed by atoms with Crippen molar-refractivity contribution in [3.63, 3.8) is 0 Å². The van der Waals surface area contributed by atoms with Crippen LogP contribution < -0.4 is 16.8 Å². The molecule has 3 heteroatoms. The predicted octanol–water partition coefficient (Wildman–Crippen LogP) is 0.912. The van der Waals surface area contributed by atoms with Gasteiger partial charge in [-0.3, -0.25) is 0 Å². The Labute approximate surface area is 75.2 Å². The van der Waals surface area contributed by atoms with Crippen LogP contribution in [-0.4, -0.2) is 11.1 Å². The van der Waals surface area contributed by atoms with E-state index in [-0.39, 0.29) is 5.54 Å². The lowest BCUT2D eigenvalue weighted by atomic mass is 10.0. The zero-order valence-electron chi connectivity index (χ0n) is 8.73. The van der Waals surface area contributed by atoms with Gasteiger partial charge in [0, 0.05) is 17.4 Å². The Hall–Kier alpha value is -0.700.